The first kappa shape index (κ1) is 21.0. The van der Waals surface area contributed by atoms with E-state index in [1.807, 2.05) is 48.5 Å². The maximum atomic E-state index is 12.9. The van der Waals surface area contributed by atoms with Crippen LogP contribution in [-0.2, 0) is 16.1 Å². The number of aryl methyl sites for hydroxylation is 2. The second kappa shape index (κ2) is 10.2. The number of benzene rings is 2. The van der Waals surface area contributed by atoms with E-state index in [1.54, 1.807) is 16.7 Å². The van der Waals surface area contributed by atoms with E-state index in [9.17, 15) is 4.79 Å². The summed E-state index contributed by atoms with van der Waals surface area (Å²) >= 11 is 1.33. The standard InChI is InChI=1S/C21H25N5O2S/c1-16-9-10-19(13-17(16)2)26-21(22-23-24-26)29-15-20(27)25(11-12-28-3)14-18-7-5-4-6-8-18/h4-10,13H,11-12,14-15H2,1-3H3. The Morgan fingerprint density at radius 1 is 1.14 bits per heavy atom. The second-order valence-electron chi connectivity index (χ2n) is 6.72. The Labute approximate surface area is 175 Å². The first-order chi connectivity index (χ1) is 14.1. The number of amides is 1. The third kappa shape index (κ3) is 5.65. The molecule has 3 rings (SSSR count). The van der Waals surface area contributed by atoms with Crippen molar-refractivity contribution in [1.29, 1.82) is 0 Å². The second-order valence-corrected chi connectivity index (χ2v) is 7.67. The highest BCUT2D eigenvalue weighted by molar-refractivity contribution is 7.99. The van der Waals surface area contributed by atoms with Crippen molar-refractivity contribution in [3.05, 3.63) is 65.2 Å². The average Bonchev–Trinajstić information content (AvgIpc) is 3.20. The Morgan fingerprint density at radius 2 is 1.93 bits per heavy atom. The molecule has 29 heavy (non-hydrogen) atoms. The van der Waals surface area contributed by atoms with Crippen LogP contribution in [0, 0.1) is 13.8 Å². The summed E-state index contributed by atoms with van der Waals surface area (Å²) in [6.45, 7) is 5.69. The van der Waals surface area contributed by atoms with E-state index in [4.69, 9.17) is 4.74 Å². The van der Waals surface area contributed by atoms with Gasteiger partial charge in [0.15, 0.2) is 0 Å². The van der Waals surface area contributed by atoms with Crippen molar-refractivity contribution in [2.75, 3.05) is 26.0 Å². The molecule has 7 nitrogen and oxygen atoms in total. The van der Waals surface area contributed by atoms with Gasteiger partial charge in [-0.05, 0) is 53.1 Å². The molecule has 1 heterocycles. The molecular weight excluding hydrogens is 386 g/mol. The van der Waals surface area contributed by atoms with Crippen LogP contribution in [0.1, 0.15) is 16.7 Å². The molecule has 1 aromatic heterocycles. The fourth-order valence-corrected chi connectivity index (χ4v) is 3.60. The van der Waals surface area contributed by atoms with Gasteiger partial charge in [0.1, 0.15) is 0 Å². The number of hydrogen-bond donors (Lipinski definition) is 0. The lowest BCUT2D eigenvalue weighted by atomic mass is 10.1. The van der Waals surface area contributed by atoms with Crippen molar-refractivity contribution in [3.8, 4) is 5.69 Å². The Hall–Kier alpha value is -2.71. The van der Waals surface area contributed by atoms with E-state index in [2.05, 4.69) is 29.4 Å². The average molecular weight is 412 g/mol. The minimum absolute atomic E-state index is 0.0190. The highest BCUT2D eigenvalue weighted by Gasteiger charge is 2.17. The molecule has 0 spiro atoms. The fraction of sp³-hybridized carbons (Fsp3) is 0.333. The molecule has 0 radical (unpaired) electrons. The summed E-state index contributed by atoms with van der Waals surface area (Å²) in [5, 5.41) is 12.6. The zero-order valence-electron chi connectivity index (χ0n) is 16.9. The lowest BCUT2D eigenvalue weighted by molar-refractivity contribution is -0.129. The van der Waals surface area contributed by atoms with Crippen molar-refractivity contribution in [1.82, 2.24) is 25.1 Å². The molecule has 0 saturated heterocycles. The summed E-state index contributed by atoms with van der Waals surface area (Å²) in [6.07, 6.45) is 0. The Bertz CT molecular complexity index is 945. The summed E-state index contributed by atoms with van der Waals surface area (Å²) in [5.74, 6) is 0.271. The highest BCUT2D eigenvalue weighted by atomic mass is 32.2. The monoisotopic (exact) mass is 411 g/mol. The predicted molar refractivity (Wildman–Crippen MR) is 113 cm³/mol. The van der Waals surface area contributed by atoms with Gasteiger partial charge in [0.25, 0.3) is 0 Å². The van der Waals surface area contributed by atoms with Gasteiger partial charge in [0, 0.05) is 20.2 Å². The molecule has 0 aliphatic rings. The topological polar surface area (TPSA) is 73.1 Å². The smallest absolute Gasteiger partial charge is 0.233 e. The zero-order chi connectivity index (χ0) is 20.6. The Kier molecular flexibility index (Phi) is 7.37. The molecule has 0 atom stereocenters. The largest absolute Gasteiger partial charge is 0.383 e. The van der Waals surface area contributed by atoms with Crippen molar-refractivity contribution in [2.45, 2.75) is 25.5 Å². The van der Waals surface area contributed by atoms with E-state index < -0.39 is 0 Å². The number of rotatable bonds is 9. The van der Waals surface area contributed by atoms with Gasteiger partial charge in [-0.3, -0.25) is 4.79 Å². The number of thioether (sulfide) groups is 1. The number of hydrogen-bond acceptors (Lipinski definition) is 6. The van der Waals surface area contributed by atoms with Crippen molar-refractivity contribution in [3.63, 3.8) is 0 Å². The molecule has 0 fully saturated rings. The van der Waals surface area contributed by atoms with Gasteiger partial charge in [-0.2, -0.15) is 4.68 Å². The number of nitrogens with zero attached hydrogens (tertiary/aromatic N) is 5. The van der Waals surface area contributed by atoms with Gasteiger partial charge >= 0.3 is 0 Å². The molecule has 0 saturated carbocycles. The quantitative estimate of drug-likeness (QED) is 0.504. The van der Waals surface area contributed by atoms with Crippen LogP contribution in [0.3, 0.4) is 0 Å². The maximum Gasteiger partial charge on any atom is 0.233 e. The number of carbonyl (C=O) groups is 1. The molecule has 0 aliphatic carbocycles. The summed E-state index contributed by atoms with van der Waals surface area (Å²) < 4.78 is 6.84. The summed E-state index contributed by atoms with van der Waals surface area (Å²) in [6, 6.07) is 16.0. The molecule has 0 bridgehead atoms. The van der Waals surface area contributed by atoms with Gasteiger partial charge in [0.05, 0.1) is 18.0 Å². The highest BCUT2D eigenvalue weighted by Crippen LogP contribution is 2.21. The van der Waals surface area contributed by atoms with Gasteiger partial charge in [-0.15, -0.1) is 5.10 Å². The summed E-state index contributed by atoms with van der Waals surface area (Å²) in [7, 11) is 1.64. The molecule has 2 aromatic carbocycles. The van der Waals surface area contributed by atoms with Crippen LogP contribution in [0.25, 0.3) is 5.69 Å². The Balaban J connectivity index is 1.68. The maximum absolute atomic E-state index is 12.9. The normalized spacial score (nSPS) is 10.9. The van der Waals surface area contributed by atoms with E-state index in [0.717, 1.165) is 11.3 Å². The molecule has 1 amide bonds. The predicted octanol–water partition coefficient (Wildman–Crippen LogP) is 3.05. The van der Waals surface area contributed by atoms with Crippen LogP contribution in [0.2, 0.25) is 0 Å². The van der Waals surface area contributed by atoms with Crippen molar-refractivity contribution >= 4 is 17.7 Å². The molecule has 152 valence electrons. The zero-order valence-corrected chi connectivity index (χ0v) is 17.7. The van der Waals surface area contributed by atoms with E-state index in [0.29, 0.717) is 24.9 Å². The molecule has 0 N–H and O–H groups in total. The van der Waals surface area contributed by atoms with Gasteiger partial charge < -0.3 is 9.64 Å². The van der Waals surface area contributed by atoms with Crippen LogP contribution in [0.15, 0.2) is 53.7 Å². The van der Waals surface area contributed by atoms with Gasteiger partial charge in [-0.1, -0.05) is 48.2 Å². The van der Waals surface area contributed by atoms with Crippen LogP contribution >= 0.6 is 11.8 Å². The number of ether oxygens (including phenoxy) is 1. The van der Waals surface area contributed by atoms with Crippen molar-refractivity contribution < 1.29 is 9.53 Å². The summed E-state index contributed by atoms with van der Waals surface area (Å²) in [4.78, 5) is 14.7. The summed E-state index contributed by atoms with van der Waals surface area (Å²) in [5.41, 5.74) is 4.34. The minimum Gasteiger partial charge on any atom is -0.383 e. The first-order valence-corrected chi connectivity index (χ1v) is 10.4. The fourth-order valence-electron chi connectivity index (χ4n) is 2.80. The van der Waals surface area contributed by atoms with E-state index in [1.165, 1.54) is 22.9 Å². The first-order valence-electron chi connectivity index (χ1n) is 9.38. The lowest BCUT2D eigenvalue weighted by Gasteiger charge is -2.22. The van der Waals surface area contributed by atoms with Crippen LogP contribution in [-0.4, -0.2) is 57.0 Å². The molecule has 3 aromatic rings. The number of aromatic nitrogens is 4. The third-order valence-corrected chi connectivity index (χ3v) is 5.54. The Morgan fingerprint density at radius 3 is 2.66 bits per heavy atom. The molecule has 0 aliphatic heterocycles. The number of methoxy groups -OCH3 is 1. The van der Waals surface area contributed by atoms with Crippen molar-refractivity contribution in [2.24, 2.45) is 0 Å². The number of carbonyl (C=O) groups excluding carboxylic acids is 1. The number of tetrazole rings is 1. The van der Waals surface area contributed by atoms with E-state index >= 15 is 0 Å². The molecule has 0 unspecified atom stereocenters. The molecule has 8 heteroatoms. The minimum atomic E-state index is 0.0190. The van der Waals surface area contributed by atoms with Gasteiger partial charge in [0.2, 0.25) is 11.1 Å². The molecular formula is C21H25N5O2S. The van der Waals surface area contributed by atoms with Crippen LogP contribution in [0.5, 0.6) is 0 Å². The lowest BCUT2D eigenvalue weighted by Crippen LogP contribution is -2.34. The SMILES string of the molecule is COCCN(Cc1ccccc1)C(=O)CSc1nnnn1-c1ccc(C)c(C)c1. The van der Waals surface area contributed by atoms with Gasteiger partial charge in [-0.25, -0.2) is 0 Å². The van der Waals surface area contributed by atoms with Crippen LogP contribution in [0.4, 0.5) is 0 Å². The third-order valence-electron chi connectivity index (χ3n) is 4.63. The van der Waals surface area contributed by atoms with E-state index in [-0.39, 0.29) is 11.7 Å². The van der Waals surface area contributed by atoms with Crippen LogP contribution < -0.4 is 0 Å².